The number of nitrogens with zero attached hydrogens (tertiary/aromatic N) is 1. The maximum absolute atomic E-state index is 13.0. The number of hydrogen-bond donors (Lipinski definition) is 0. The number of rotatable bonds is 2. The van der Waals surface area contributed by atoms with Gasteiger partial charge in [-0.1, -0.05) is 48.5 Å². The number of carbonyl (C=O) groups excluding carboxylic acids is 2. The van der Waals surface area contributed by atoms with Crippen molar-refractivity contribution in [2.75, 3.05) is 13.1 Å². The summed E-state index contributed by atoms with van der Waals surface area (Å²) >= 11 is 0. The van der Waals surface area contributed by atoms with Crippen LogP contribution in [0.4, 0.5) is 0 Å². The summed E-state index contributed by atoms with van der Waals surface area (Å²) < 4.78 is 0. The quantitative estimate of drug-likeness (QED) is 0.776. The molecule has 1 aliphatic heterocycles. The SMILES string of the molecule is CCCN1CCC(=O)C(C(C)(C)C)C(C(C)(C)C)C1=O. The highest BCUT2D eigenvalue weighted by atomic mass is 16.2. The van der Waals surface area contributed by atoms with Gasteiger partial charge in [-0.05, 0) is 17.3 Å². The number of amides is 1. The molecular formula is C17H31NO2. The fraction of sp³-hybridized carbons (Fsp3) is 0.882. The van der Waals surface area contributed by atoms with E-state index in [0.717, 1.165) is 13.0 Å². The summed E-state index contributed by atoms with van der Waals surface area (Å²) in [5, 5.41) is 0. The van der Waals surface area contributed by atoms with E-state index in [1.54, 1.807) is 0 Å². The highest BCUT2D eigenvalue weighted by Gasteiger charge is 2.49. The van der Waals surface area contributed by atoms with Crippen LogP contribution in [0.5, 0.6) is 0 Å². The monoisotopic (exact) mass is 281 g/mol. The molecule has 0 bridgehead atoms. The summed E-state index contributed by atoms with van der Waals surface area (Å²) in [6, 6.07) is 0. The molecule has 1 heterocycles. The van der Waals surface area contributed by atoms with E-state index in [0.29, 0.717) is 13.0 Å². The molecule has 0 aromatic rings. The number of carbonyl (C=O) groups is 2. The van der Waals surface area contributed by atoms with Gasteiger partial charge in [0.25, 0.3) is 0 Å². The Kier molecular flexibility index (Phi) is 5.04. The Morgan fingerprint density at radius 3 is 1.90 bits per heavy atom. The minimum absolute atomic E-state index is 0.171. The average Bonchev–Trinajstić information content (AvgIpc) is 2.38. The molecule has 0 aliphatic carbocycles. The van der Waals surface area contributed by atoms with Crippen molar-refractivity contribution in [2.24, 2.45) is 22.7 Å². The van der Waals surface area contributed by atoms with Crippen LogP contribution in [0.25, 0.3) is 0 Å². The van der Waals surface area contributed by atoms with Crippen molar-refractivity contribution in [3.8, 4) is 0 Å². The molecule has 1 aliphatic rings. The van der Waals surface area contributed by atoms with Gasteiger partial charge in [0.15, 0.2) is 0 Å². The van der Waals surface area contributed by atoms with Gasteiger partial charge >= 0.3 is 0 Å². The van der Waals surface area contributed by atoms with Crippen LogP contribution in [-0.4, -0.2) is 29.7 Å². The van der Waals surface area contributed by atoms with Crippen LogP contribution in [0.15, 0.2) is 0 Å². The van der Waals surface area contributed by atoms with Gasteiger partial charge in [-0.15, -0.1) is 0 Å². The van der Waals surface area contributed by atoms with Gasteiger partial charge in [0, 0.05) is 25.4 Å². The van der Waals surface area contributed by atoms with E-state index >= 15 is 0 Å². The molecular weight excluding hydrogens is 250 g/mol. The first-order valence-electron chi connectivity index (χ1n) is 7.81. The molecule has 0 aromatic heterocycles. The molecule has 0 saturated carbocycles. The summed E-state index contributed by atoms with van der Waals surface area (Å²) in [7, 11) is 0. The topological polar surface area (TPSA) is 37.4 Å². The van der Waals surface area contributed by atoms with Crippen LogP contribution in [0.3, 0.4) is 0 Å². The van der Waals surface area contributed by atoms with Crippen LogP contribution in [0.2, 0.25) is 0 Å². The Bertz CT molecular complexity index is 373. The van der Waals surface area contributed by atoms with Crippen LogP contribution in [0.1, 0.15) is 61.3 Å². The molecule has 0 N–H and O–H groups in total. The second kappa shape index (κ2) is 5.87. The second-order valence-electron chi connectivity index (χ2n) is 8.23. The lowest BCUT2D eigenvalue weighted by Crippen LogP contribution is -2.47. The smallest absolute Gasteiger partial charge is 0.226 e. The second-order valence-corrected chi connectivity index (χ2v) is 8.23. The van der Waals surface area contributed by atoms with Gasteiger partial charge < -0.3 is 4.90 Å². The molecule has 116 valence electrons. The first kappa shape index (κ1) is 17.2. The van der Waals surface area contributed by atoms with Gasteiger partial charge in [-0.2, -0.15) is 0 Å². The molecule has 2 atom stereocenters. The summed E-state index contributed by atoms with van der Waals surface area (Å²) in [6.45, 7) is 15.9. The van der Waals surface area contributed by atoms with Crippen LogP contribution in [-0.2, 0) is 9.59 Å². The largest absolute Gasteiger partial charge is 0.342 e. The third-order valence-electron chi connectivity index (χ3n) is 4.25. The lowest BCUT2D eigenvalue weighted by Gasteiger charge is -2.41. The molecule has 1 rings (SSSR count). The fourth-order valence-corrected chi connectivity index (χ4v) is 3.38. The third kappa shape index (κ3) is 3.62. The van der Waals surface area contributed by atoms with E-state index in [-0.39, 0.29) is 34.4 Å². The van der Waals surface area contributed by atoms with Crippen LogP contribution in [0, 0.1) is 22.7 Å². The molecule has 3 nitrogen and oxygen atoms in total. The Labute approximate surface area is 124 Å². The maximum Gasteiger partial charge on any atom is 0.226 e. The molecule has 20 heavy (non-hydrogen) atoms. The molecule has 3 heteroatoms. The molecule has 1 saturated heterocycles. The Morgan fingerprint density at radius 1 is 1.00 bits per heavy atom. The lowest BCUT2D eigenvalue weighted by molar-refractivity contribution is -0.146. The molecule has 2 unspecified atom stereocenters. The van der Waals surface area contributed by atoms with Gasteiger partial charge in [0.05, 0.1) is 5.92 Å². The lowest BCUT2D eigenvalue weighted by atomic mass is 9.62. The Morgan fingerprint density at radius 2 is 1.50 bits per heavy atom. The zero-order valence-corrected chi connectivity index (χ0v) is 14.2. The summed E-state index contributed by atoms with van der Waals surface area (Å²) in [5.74, 6) is 0.0235. The van der Waals surface area contributed by atoms with Gasteiger partial charge in [-0.3, -0.25) is 9.59 Å². The van der Waals surface area contributed by atoms with Crippen molar-refractivity contribution in [3.63, 3.8) is 0 Å². The average molecular weight is 281 g/mol. The van der Waals surface area contributed by atoms with E-state index in [1.807, 2.05) is 4.90 Å². The highest BCUT2D eigenvalue weighted by Crippen LogP contribution is 2.44. The van der Waals surface area contributed by atoms with Crippen molar-refractivity contribution in [1.29, 1.82) is 0 Å². The minimum Gasteiger partial charge on any atom is -0.342 e. The van der Waals surface area contributed by atoms with Crippen molar-refractivity contribution in [1.82, 2.24) is 4.90 Å². The number of likely N-dealkylation sites (tertiary alicyclic amines) is 1. The Balaban J connectivity index is 3.28. The first-order chi connectivity index (χ1) is 9.00. The summed E-state index contributed by atoms with van der Waals surface area (Å²) in [5.41, 5.74) is -0.367. The fourth-order valence-electron chi connectivity index (χ4n) is 3.38. The zero-order chi connectivity index (χ0) is 15.7. The van der Waals surface area contributed by atoms with Gasteiger partial charge in [0.1, 0.15) is 5.78 Å². The highest BCUT2D eigenvalue weighted by molar-refractivity contribution is 5.92. The molecule has 0 aromatic carbocycles. The third-order valence-corrected chi connectivity index (χ3v) is 4.25. The van der Waals surface area contributed by atoms with E-state index in [2.05, 4.69) is 48.5 Å². The van der Waals surface area contributed by atoms with Crippen molar-refractivity contribution in [2.45, 2.75) is 61.3 Å². The summed E-state index contributed by atoms with van der Waals surface area (Å²) in [4.78, 5) is 27.5. The minimum atomic E-state index is -0.218. The number of ketones is 1. The Hall–Kier alpha value is -0.860. The van der Waals surface area contributed by atoms with Crippen molar-refractivity contribution < 1.29 is 9.59 Å². The predicted octanol–water partition coefficient (Wildman–Crippen LogP) is 3.52. The van der Waals surface area contributed by atoms with E-state index in [1.165, 1.54) is 0 Å². The van der Waals surface area contributed by atoms with E-state index in [4.69, 9.17) is 0 Å². The van der Waals surface area contributed by atoms with E-state index < -0.39 is 0 Å². The van der Waals surface area contributed by atoms with Gasteiger partial charge in [-0.25, -0.2) is 0 Å². The van der Waals surface area contributed by atoms with Crippen LogP contribution < -0.4 is 0 Å². The summed E-state index contributed by atoms with van der Waals surface area (Å²) in [6.07, 6.45) is 1.44. The zero-order valence-electron chi connectivity index (χ0n) is 14.2. The van der Waals surface area contributed by atoms with E-state index in [9.17, 15) is 9.59 Å². The van der Waals surface area contributed by atoms with Crippen LogP contribution >= 0.6 is 0 Å². The molecule has 0 spiro atoms. The molecule has 1 amide bonds. The molecule has 1 fully saturated rings. The van der Waals surface area contributed by atoms with Crippen molar-refractivity contribution in [3.05, 3.63) is 0 Å². The maximum atomic E-state index is 13.0. The first-order valence-corrected chi connectivity index (χ1v) is 7.81. The predicted molar refractivity (Wildman–Crippen MR) is 82.4 cm³/mol. The molecule has 0 radical (unpaired) electrons. The van der Waals surface area contributed by atoms with Gasteiger partial charge in [0.2, 0.25) is 5.91 Å². The normalized spacial score (nSPS) is 25.9. The van der Waals surface area contributed by atoms with Crippen molar-refractivity contribution >= 4 is 11.7 Å². The standard InChI is InChI=1S/C17H31NO2/c1-8-10-18-11-9-12(19)13(16(2,3)4)14(15(18)20)17(5,6)7/h13-14H,8-11H2,1-7H3. The number of Topliss-reactive ketones (excluding diaryl/α,β-unsaturated/α-hetero) is 1. The number of hydrogen-bond acceptors (Lipinski definition) is 2.